The summed E-state index contributed by atoms with van der Waals surface area (Å²) in [7, 11) is 0. The lowest BCUT2D eigenvalue weighted by atomic mass is 10.1. The number of aromatic carboxylic acids is 1. The molecule has 16 heavy (non-hydrogen) atoms. The molecule has 0 fully saturated rings. The molecule has 1 aromatic carbocycles. The van der Waals surface area contributed by atoms with Crippen LogP contribution in [0.5, 0.6) is 0 Å². The number of carboxylic acid groups (broad SMARTS) is 1. The molecule has 0 saturated carbocycles. The third-order valence-corrected chi connectivity index (χ3v) is 2.32. The molecule has 4 nitrogen and oxygen atoms in total. The Hall–Kier alpha value is -1.95. The third kappa shape index (κ3) is 1.87. The Bertz CT molecular complexity index is 603. The lowest BCUT2D eigenvalue weighted by Gasteiger charge is -2.03. The van der Waals surface area contributed by atoms with Crippen LogP contribution in [0.1, 0.15) is 10.4 Å². The minimum atomic E-state index is -1.19. The highest BCUT2D eigenvalue weighted by atomic mass is 32.1. The number of halogens is 1. The number of hydrogen-bond donors (Lipinski definition) is 3. The summed E-state index contributed by atoms with van der Waals surface area (Å²) in [6, 6.07) is 3.57. The third-order valence-electron chi connectivity index (χ3n) is 2.10. The Balaban J connectivity index is 2.64. The number of rotatable bonds is 2. The van der Waals surface area contributed by atoms with E-state index in [1.165, 1.54) is 12.1 Å². The van der Waals surface area contributed by atoms with E-state index in [0.29, 0.717) is 16.0 Å². The number of nitrogens with one attached hydrogen (secondary N) is 2. The predicted molar refractivity (Wildman–Crippen MR) is 58.3 cm³/mol. The summed E-state index contributed by atoms with van der Waals surface area (Å²) in [4.78, 5) is 16.4. The van der Waals surface area contributed by atoms with Crippen LogP contribution in [0.4, 0.5) is 4.39 Å². The summed E-state index contributed by atoms with van der Waals surface area (Å²) in [5.41, 5.74) is 0.800. The maximum atomic E-state index is 12.9. The summed E-state index contributed by atoms with van der Waals surface area (Å²) in [6.45, 7) is 0. The Morgan fingerprint density at radius 1 is 1.44 bits per heavy atom. The summed E-state index contributed by atoms with van der Waals surface area (Å²) in [5, 5.41) is 8.94. The Morgan fingerprint density at radius 3 is 2.75 bits per heavy atom. The number of carbonyl (C=O) groups is 1. The van der Waals surface area contributed by atoms with Crippen LogP contribution in [-0.2, 0) is 0 Å². The SMILES string of the molecule is O=C(O)c1cc(F)ccc1-c1c[nH]c(=S)[nH]1. The predicted octanol–water partition coefficient (Wildman–Crippen LogP) is 2.58. The molecule has 6 heteroatoms. The number of aromatic nitrogens is 2. The molecule has 0 unspecified atom stereocenters. The molecule has 0 atom stereocenters. The van der Waals surface area contributed by atoms with Crippen molar-refractivity contribution in [3.63, 3.8) is 0 Å². The van der Waals surface area contributed by atoms with Crippen LogP contribution in [0.25, 0.3) is 11.3 Å². The highest BCUT2D eigenvalue weighted by Gasteiger charge is 2.13. The largest absolute Gasteiger partial charge is 0.478 e. The highest BCUT2D eigenvalue weighted by Crippen LogP contribution is 2.22. The lowest BCUT2D eigenvalue weighted by Crippen LogP contribution is -2.00. The summed E-state index contributed by atoms with van der Waals surface area (Å²) in [6.07, 6.45) is 1.54. The van der Waals surface area contributed by atoms with E-state index in [1.54, 1.807) is 6.20 Å². The fourth-order valence-corrected chi connectivity index (χ4v) is 1.57. The van der Waals surface area contributed by atoms with Crippen LogP contribution in [0.15, 0.2) is 24.4 Å². The Morgan fingerprint density at radius 2 is 2.19 bits per heavy atom. The average Bonchev–Trinajstić information content (AvgIpc) is 2.64. The van der Waals surface area contributed by atoms with E-state index in [0.717, 1.165) is 6.07 Å². The van der Waals surface area contributed by atoms with Gasteiger partial charge in [-0.05, 0) is 30.4 Å². The number of hydrogen-bond acceptors (Lipinski definition) is 2. The van der Waals surface area contributed by atoms with Crippen molar-refractivity contribution in [1.29, 1.82) is 0 Å². The summed E-state index contributed by atoms with van der Waals surface area (Å²) in [5.74, 6) is -1.77. The smallest absolute Gasteiger partial charge is 0.336 e. The van der Waals surface area contributed by atoms with Crippen molar-refractivity contribution in [2.24, 2.45) is 0 Å². The first-order valence-corrected chi connectivity index (χ1v) is 4.79. The molecule has 1 aromatic heterocycles. The molecule has 2 rings (SSSR count). The molecule has 3 N–H and O–H groups in total. The van der Waals surface area contributed by atoms with Gasteiger partial charge in [-0.2, -0.15) is 0 Å². The van der Waals surface area contributed by atoms with Crippen molar-refractivity contribution >= 4 is 18.2 Å². The molecule has 0 amide bonds. The van der Waals surface area contributed by atoms with Crippen molar-refractivity contribution in [1.82, 2.24) is 9.97 Å². The summed E-state index contributed by atoms with van der Waals surface area (Å²) >= 11 is 4.83. The van der Waals surface area contributed by atoms with Crippen LogP contribution in [0.3, 0.4) is 0 Å². The van der Waals surface area contributed by atoms with Gasteiger partial charge in [0.1, 0.15) is 5.82 Å². The molecule has 0 aliphatic carbocycles. The van der Waals surface area contributed by atoms with Crippen molar-refractivity contribution < 1.29 is 14.3 Å². The van der Waals surface area contributed by atoms with Gasteiger partial charge in [0.05, 0.1) is 11.3 Å². The Labute approximate surface area is 94.8 Å². The molecule has 2 aromatic rings. The maximum Gasteiger partial charge on any atom is 0.336 e. The second-order valence-electron chi connectivity index (χ2n) is 3.15. The van der Waals surface area contributed by atoms with Gasteiger partial charge in [0.15, 0.2) is 4.77 Å². The molecule has 0 bridgehead atoms. The Kier molecular flexibility index (Phi) is 2.57. The van der Waals surface area contributed by atoms with E-state index in [4.69, 9.17) is 17.3 Å². The van der Waals surface area contributed by atoms with Gasteiger partial charge < -0.3 is 15.1 Å². The van der Waals surface area contributed by atoms with E-state index in [2.05, 4.69) is 9.97 Å². The monoisotopic (exact) mass is 238 g/mol. The van der Waals surface area contributed by atoms with Gasteiger partial charge >= 0.3 is 5.97 Å². The number of aromatic amines is 2. The molecule has 82 valence electrons. The van der Waals surface area contributed by atoms with Gasteiger partial charge in [-0.1, -0.05) is 0 Å². The van der Waals surface area contributed by atoms with E-state index in [9.17, 15) is 9.18 Å². The summed E-state index contributed by atoms with van der Waals surface area (Å²) < 4.78 is 13.3. The zero-order chi connectivity index (χ0) is 11.7. The number of imidazole rings is 1. The van der Waals surface area contributed by atoms with Gasteiger partial charge in [-0.3, -0.25) is 0 Å². The molecule has 0 aliphatic rings. The molecule has 0 radical (unpaired) electrons. The minimum absolute atomic E-state index is 0.106. The minimum Gasteiger partial charge on any atom is -0.478 e. The molecule has 0 aliphatic heterocycles. The lowest BCUT2D eigenvalue weighted by molar-refractivity contribution is 0.0697. The maximum absolute atomic E-state index is 12.9. The second-order valence-corrected chi connectivity index (χ2v) is 3.56. The van der Waals surface area contributed by atoms with Crippen LogP contribution in [0, 0.1) is 10.6 Å². The van der Waals surface area contributed by atoms with Crippen molar-refractivity contribution in [3.8, 4) is 11.3 Å². The first-order chi connectivity index (χ1) is 7.58. The van der Waals surface area contributed by atoms with Gasteiger partial charge in [-0.25, -0.2) is 9.18 Å². The normalized spacial score (nSPS) is 10.3. The highest BCUT2D eigenvalue weighted by molar-refractivity contribution is 7.71. The van der Waals surface area contributed by atoms with Gasteiger partial charge in [-0.15, -0.1) is 0 Å². The quantitative estimate of drug-likeness (QED) is 0.704. The topological polar surface area (TPSA) is 68.9 Å². The van der Waals surface area contributed by atoms with Crippen LogP contribution in [-0.4, -0.2) is 21.0 Å². The molecule has 0 saturated heterocycles. The van der Waals surface area contributed by atoms with Crippen LogP contribution >= 0.6 is 12.2 Å². The molecular formula is C10H7FN2O2S. The molecule has 0 spiro atoms. The van der Waals surface area contributed by atoms with Crippen molar-refractivity contribution in [2.75, 3.05) is 0 Å². The van der Waals surface area contributed by atoms with Gasteiger partial charge in [0, 0.05) is 11.8 Å². The van der Waals surface area contributed by atoms with E-state index in [-0.39, 0.29) is 5.56 Å². The first-order valence-electron chi connectivity index (χ1n) is 4.39. The number of H-pyrrole nitrogens is 2. The fourth-order valence-electron chi connectivity index (χ4n) is 1.41. The second kappa shape index (κ2) is 3.90. The van der Waals surface area contributed by atoms with Gasteiger partial charge in [0.25, 0.3) is 0 Å². The zero-order valence-corrected chi connectivity index (χ0v) is 8.77. The van der Waals surface area contributed by atoms with E-state index >= 15 is 0 Å². The number of benzene rings is 1. The van der Waals surface area contributed by atoms with Crippen LogP contribution < -0.4 is 0 Å². The molecular weight excluding hydrogens is 231 g/mol. The number of carboxylic acids is 1. The zero-order valence-electron chi connectivity index (χ0n) is 7.95. The van der Waals surface area contributed by atoms with E-state index in [1.807, 2.05) is 0 Å². The van der Waals surface area contributed by atoms with Gasteiger partial charge in [0.2, 0.25) is 0 Å². The first kappa shape index (κ1) is 10.6. The molecule has 1 heterocycles. The van der Waals surface area contributed by atoms with Crippen LogP contribution in [0.2, 0.25) is 0 Å². The van der Waals surface area contributed by atoms with Crippen molar-refractivity contribution in [2.45, 2.75) is 0 Å². The fraction of sp³-hybridized carbons (Fsp3) is 0. The van der Waals surface area contributed by atoms with E-state index < -0.39 is 11.8 Å². The standard InChI is InChI=1S/C10H7FN2O2S/c11-5-1-2-6(7(3-5)9(14)15)8-4-12-10(16)13-8/h1-4H,(H,14,15)(H2,12,13,16). The average molecular weight is 238 g/mol. The van der Waals surface area contributed by atoms with Crippen molar-refractivity contribution in [3.05, 3.63) is 40.5 Å².